The molecule has 2 rings (SSSR count). The number of aromatic nitrogens is 2. The topological polar surface area (TPSA) is 47.3 Å². The van der Waals surface area contributed by atoms with Crippen LogP contribution >= 0.6 is 0 Å². The molecule has 1 N–H and O–H groups in total. The highest BCUT2D eigenvalue weighted by molar-refractivity contribution is 5.35. The molecule has 0 saturated carbocycles. The van der Waals surface area contributed by atoms with Crippen molar-refractivity contribution in [1.82, 2.24) is 9.78 Å². The first-order valence-electron chi connectivity index (χ1n) is 6.59. The van der Waals surface area contributed by atoms with Crippen molar-refractivity contribution < 1.29 is 9.84 Å². The summed E-state index contributed by atoms with van der Waals surface area (Å²) in [6, 6.07) is 7.54. The van der Waals surface area contributed by atoms with Crippen LogP contribution in [0.1, 0.15) is 36.8 Å². The van der Waals surface area contributed by atoms with E-state index in [0.717, 1.165) is 29.0 Å². The first-order chi connectivity index (χ1) is 9.15. The predicted octanol–water partition coefficient (Wildman–Crippen LogP) is 2.46. The summed E-state index contributed by atoms with van der Waals surface area (Å²) >= 11 is 0. The zero-order valence-electron chi connectivity index (χ0n) is 11.6. The lowest BCUT2D eigenvalue weighted by Crippen LogP contribution is -2.02. The number of ether oxygens (including phenoxy) is 1. The molecule has 4 nitrogen and oxygen atoms in total. The molecule has 0 radical (unpaired) electrons. The smallest absolute Gasteiger partial charge is 0.119 e. The van der Waals surface area contributed by atoms with Gasteiger partial charge in [-0.15, -0.1) is 0 Å². The van der Waals surface area contributed by atoms with E-state index in [1.54, 1.807) is 4.68 Å². The summed E-state index contributed by atoms with van der Waals surface area (Å²) in [6.45, 7) is 4.63. The standard InChI is InChI=1S/C15H20N2O2/c1-4-14-13(10-17(3)16-14)15(18)11-6-8-12(9-7-11)19-5-2/h6-10,15,18H,4-5H2,1-3H3. The minimum atomic E-state index is -0.640. The molecular weight excluding hydrogens is 240 g/mol. The number of aliphatic hydroxyl groups is 1. The molecule has 102 valence electrons. The van der Waals surface area contributed by atoms with Crippen molar-refractivity contribution in [2.24, 2.45) is 7.05 Å². The molecule has 0 aliphatic rings. The Labute approximate surface area is 113 Å². The van der Waals surface area contributed by atoms with Gasteiger partial charge in [0.25, 0.3) is 0 Å². The maximum absolute atomic E-state index is 10.4. The van der Waals surface area contributed by atoms with E-state index >= 15 is 0 Å². The molecule has 0 saturated heterocycles. The van der Waals surface area contributed by atoms with E-state index < -0.39 is 6.10 Å². The molecule has 0 spiro atoms. The van der Waals surface area contributed by atoms with Gasteiger partial charge in [0.1, 0.15) is 11.9 Å². The second-order valence-corrected chi connectivity index (χ2v) is 4.46. The molecule has 1 aromatic carbocycles. The molecule has 1 unspecified atom stereocenters. The number of aliphatic hydroxyl groups excluding tert-OH is 1. The lowest BCUT2D eigenvalue weighted by atomic mass is 10.0. The summed E-state index contributed by atoms with van der Waals surface area (Å²) in [5.41, 5.74) is 2.66. The Morgan fingerprint density at radius 1 is 1.26 bits per heavy atom. The van der Waals surface area contributed by atoms with Crippen molar-refractivity contribution in [3.63, 3.8) is 0 Å². The Balaban J connectivity index is 2.25. The number of hydrogen-bond donors (Lipinski definition) is 1. The Morgan fingerprint density at radius 3 is 2.53 bits per heavy atom. The lowest BCUT2D eigenvalue weighted by Gasteiger charge is -2.11. The fourth-order valence-corrected chi connectivity index (χ4v) is 2.15. The summed E-state index contributed by atoms with van der Waals surface area (Å²) in [5.74, 6) is 0.820. The van der Waals surface area contributed by atoms with Gasteiger partial charge < -0.3 is 9.84 Å². The zero-order valence-corrected chi connectivity index (χ0v) is 11.6. The summed E-state index contributed by atoms with van der Waals surface area (Å²) in [4.78, 5) is 0. The van der Waals surface area contributed by atoms with Crippen molar-refractivity contribution >= 4 is 0 Å². The number of hydrogen-bond acceptors (Lipinski definition) is 3. The second-order valence-electron chi connectivity index (χ2n) is 4.46. The van der Waals surface area contributed by atoms with Crippen molar-refractivity contribution in [2.45, 2.75) is 26.4 Å². The Bertz CT molecular complexity index is 532. The third-order valence-electron chi connectivity index (χ3n) is 3.07. The van der Waals surface area contributed by atoms with Crippen LogP contribution in [0.5, 0.6) is 5.75 Å². The maximum Gasteiger partial charge on any atom is 0.119 e. The van der Waals surface area contributed by atoms with Crippen molar-refractivity contribution in [2.75, 3.05) is 6.61 Å². The molecule has 0 aliphatic carbocycles. The van der Waals surface area contributed by atoms with E-state index in [1.807, 2.05) is 51.4 Å². The summed E-state index contributed by atoms with van der Waals surface area (Å²) in [5, 5.41) is 14.8. The van der Waals surface area contributed by atoms with Crippen LogP contribution in [0.15, 0.2) is 30.5 Å². The molecule has 4 heteroatoms. The molecule has 1 heterocycles. The van der Waals surface area contributed by atoms with Gasteiger partial charge in [0.05, 0.1) is 12.3 Å². The van der Waals surface area contributed by atoms with Gasteiger partial charge in [0.2, 0.25) is 0 Å². The molecule has 0 fully saturated rings. The number of benzene rings is 1. The Kier molecular flexibility index (Phi) is 4.22. The average Bonchev–Trinajstić information content (AvgIpc) is 2.80. The predicted molar refractivity (Wildman–Crippen MR) is 74.3 cm³/mol. The molecule has 0 aliphatic heterocycles. The maximum atomic E-state index is 10.4. The SMILES string of the molecule is CCOc1ccc(C(O)c2cn(C)nc2CC)cc1. The van der Waals surface area contributed by atoms with Gasteiger partial charge in [0, 0.05) is 18.8 Å². The van der Waals surface area contributed by atoms with Crippen LogP contribution in [-0.2, 0) is 13.5 Å². The van der Waals surface area contributed by atoms with E-state index in [1.165, 1.54) is 0 Å². The van der Waals surface area contributed by atoms with E-state index in [-0.39, 0.29) is 0 Å². The van der Waals surface area contributed by atoms with Crippen LogP contribution in [0, 0.1) is 0 Å². The molecular formula is C15H20N2O2. The normalized spacial score (nSPS) is 12.4. The highest BCUT2D eigenvalue weighted by Crippen LogP contribution is 2.26. The molecule has 2 aromatic rings. The minimum absolute atomic E-state index is 0.640. The van der Waals surface area contributed by atoms with Crippen molar-refractivity contribution in [3.05, 3.63) is 47.3 Å². The van der Waals surface area contributed by atoms with Crippen LogP contribution in [0.3, 0.4) is 0 Å². The highest BCUT2D eigenvalue weighted by atomic mass is 16.5. The third kappa shape index (κ3) is 2.96. The first-order valence-corrected chi connectivity index (χ1v) is 6.59. The van der Waals surface area contributed by atoms with Crippen molar-refractivity contribution in [3.8, 4) is 5.75 Å². The quantitative estimate of drug-likeness (QED) is 0.898. The molecule has 1 atom stereocenters. The van der Waals surface area contributed by atoms with Gasteiger partial charge in [-0.25, -0.2) is 0 Å². The van der Waals surface area contributed by atoms with E-state index in [9.17, 15) is 5.11 Å². The third-order valence-corrected chi connectivity index (χ3v) is 3.07. The molecule has 1 aromatic heterocycles. The fraction of sp³-hybridized carbons (Fsp3) is 0.400. The van der Waals surface area contributed by atoms with Crippen LogP contribution < -0.4 is 4.74 Å². The summed E-state index contributed by atoms with van der Waals surface area (Å²) < 4.78 is 7.14. The lowest BCUT2D eigenvalue weighted by molar-refractivity contribution is 0.219. The Hall–Kier alpha value is -1.81. The monoisotopic (exact) mass is 260 g/mol. The summed E-state index contributed by atoms with van der Waals surface area (Å²) in [7, 11) is 1.87. The summed E-state index contributed by atoms with van der Waals surface area (Å²) in [6.07, 6.45) is 2.05. The van der Waals surface area contributed by atoms with Gasteiger partial charge in [-0.1, -0.05) is 19.1 Å². The van der Waals surface area contributed by atoms with Gasteiger partial charge in [0.15, 0.2) is 0 Å². The molecule has 0 bridgehead atoms. The van der Waals surface area contributed by atoms with Crippen LogP contribution in [-0.4, -0.2) is 21.5 Å². The van der Waals surface area contributed by atoms with Gasteiger partial charge in [-0.3, -0.25) is 4.68 Å². The number of aryl methyl sites for hydroxylation is 2. The van der Waals surface area contributed by atoms with Crippen LogP contribution in [0.4, 0.5) is 0 Å². The van der Waals surface area contributed by atoms with Crippen LogP contribution in [0.2, 0.25) is 0 Å². The Morgan fingerprint density at radius 2 is 1.95 bits per heavy atom. The van der Waals surface area contributed by atoms with Gasteiger partial charge >= 0.3 is 0 Å². The molecule has 19 heavy (non-hydrogen) atoms. The molecule has 0 amide bonds. The van der Waals surface area contributed by atoms with Gasteiger partial charge in [-0.2, -0.15) is 5.10 Å². The second kappa shape index (κ2) is 5.89. The van der Waals surface area contributed by atoms with E-state index in [4.69, 9.17) is 4.74 Å². The number of nitrogens with zero attached hydrogens (tertiary/aromatic N) is 2. The fourth-order valence-electron chi connectivity index (χ4n) is 2.15. The van der Waals surface area contributed by atoms with Gasteiger partial charge in [-0.05, 0) is 31.0 Å². The van der Waals surface area contributed by atoms with Crippen LogP contribution in [0.25, 0.3) is 0 Å². The highest BCUT2D eigenvalue weighted by Gasteiger charge is 2.17. The zero-order chi connectivity index (χ0) is 13.8. The average molecular weight is 260 g/mol. The first kappa shape index (κ1) is 13.6. The minimum Gasteiger partial charge on any atom is -0.494 e. The largest absolute Gasteiger partial charge is 0.494 e. The van der Waals surface area contributed by atoms with E-state index in [2.05, 4.69) is 5.10 Å². The number of rotatable bonds is 5. The van der Waals surface area contributed by atoms with Crippen molar-refractivity contribution in [1.29, 1.82) is 0 Å². The van der Waals surface area contributed by atoms with E-state index in [0.29, 0.717) is 6.61 Å².